The summed E-state index contributed by atoms with van der Waals surface area (Å²) in [5.74, 6) is 0.0922. The molecule has 0 aliphatic carbocycles. The molecule has 0 saturated carbocycles. The Morgan fingerprint density at radius 3 is 2.26 bits per heavy atom. The average Bonchev–Trinajstić information content (AvgIpc) is 2.36. The molecule has 0 aromatic heterocycles. The van der Waals surface area contributed by atoms with Crippen molar-refractivity contribution in [2.75, 3.05) is 7.05 Å². The predicted octanol–water partition coefficient (Wildman–Crippen LogP) is 3.42. The van der Waals surface area contributed by atoms with Gasteiger partial charge in [0.05, 0.1) is 5.25 Å². The maximum atomic E-state index is 12.4. The van der Waals surface area contributed by atoms with Crippen molar-refractivity contribution in [3.63, 3.8) is 0 Å². The van der Waals surface area contributed by atoms with Crippen molar-refractivity contribution in [2.45, 2.75) is 45.4 Å². The van der Waals surface area contributed by atoms with Crippen LogP contribution >= 0.6 is 12.6 Å². The number of carbonyl (C=O) groups excluding carboxylic acids is 1. The Morgan fingerprint density at radius 1 is 1.26 bits per heavy atom. The van der Waals surface area contributed by atoms with E-state index in [9.17, 15) is 4.79 Å². The molecule has 0 fully saturated rings. The largest absolute Gasteiger partial charge is 0.342 e. The van der Waals surface area contributed by atoms with Gasteiger partial charge < -0.3 is 4.90 Å². The first-order valence-electron chi connectivity index (χ1n) is 6.72. The van der Waals surface area contributed by atoms with Gasteiger partial charge in [0.1, 0.15) is 0 Å². The lowest BCUT2D eigenvalue weighted by molar-refractivity contribution is -0.133. The fourth-order valence-electron chi connectivity index (χ4n) is 1.93. The SMILES string of the molecule is CC(N(C)C(=O)C(S)Cc1ccccc1)C(C)(C)C. The van der Waals surface area contributed by atoms with E-state index in [1.54, 1.807) is 0 Å². The average molecular weight is 279 g/mol. The zero-order valence-electron chi connectivity index (χ0n) is 12.6. The summed E-state index contributed by atoms with van der Waals surface area (Å²) in [5, 5.41) is -0.280. The minimum atomic E-state index is -0.280. The van der Waals surface area contributed by atoms with Crippen LogP contribution in [0, 0.1) is 5.41 Å². The highest BCUT2D eigenvalue weighted by molar-refractivity contribution is 7.81. The highest BCUT2D eigenvalue weighted by Crippen LogP contribution is 2.24. The third-order valence-electron chi connectivity index (χ3n) is 3.74. The Kier molecular flexibility index (Phi) is 5.48. The molecule has 0 heterocycles. The highest BCUT2D eigenvalue weighted by atomic mass is 32.1. The summed E-state index contributed by atoms with van der Waals surface area (Å²) in [7, 11) is 1.87. The Bertz CT molecular complexity index is 411. The number of amides is 1. The van der Waals surface area contributed by atoms with Gasteiger partial charge in [0, 0.05) is 13.1 Å². The molecule has 0 saturated heterocycles. The third-order valence-corrected chi connectivity index (χ3v) is 4.14. The van der Waals surface area contributed by atoms with Gasteiger partial charge in [0.25, 0.3) is 0 Å². The summed E-state index contributed by atoms with van der Waals surface area (Å²) in [4.78, 5) is 14.2. The summed E-state index contributed by atoms with van der Waals surface area (Å²) in [6.07, 6.45) is 0.671. The van der Waals surface area contributed by atoms with Crippen LogP contribution in [0.25, 0.3) is 0 Å². The zero-order chi connectivity index (χ0) is 14.6. The van der Waals surface area contributed by atoms with Crippen LogP contribution < -0.4 is 0 Å². The second-order valence-corrected chi connectivity index (χ2v) is 6.82. The highest BCUT2D eigenvalue weighted by Gasteiger charge is 2.29. The molecule has 19 heavy (non-hydrogen) atoms. The molecule has 0 aliphatic heterocycles. The lowest BCUT2D eigenvalue weighted by Crippen LogP contribution is -2.46. The number of hydrogen-bond acceptors (Lipinski definition) is 2. The molecule has 1 amide bonds. The van der Waals surface area contributed by atoms with Crippen LogP contribution in [0.15, 0.2) is 30.3 Å². The van der Waals surface area contributed by atoms with Crippen LogP contribution in [-0.2, 0) is 11.2 Å². The summed E-state index contributed by atoms with van der Waals surface area (Å²) in [6, 6.07) is 10.2. The minimum absolute atomic E-state index is 0.0741. The maximum absolute atomic E-state index is 12.4. The van der Waals surface area contributed by atoms with Gasteiger partial charge in [-0.25, -0.2) is 0 Å². The Hall–Kier alpha value is -0.960. The normalized spacial score (nSPS) is 14.8. The first kappa shape index (κ1) is 16.1. The summed E-state index contributed by atoms with van der Waals surface area (Å²) < 4.78 is 0. The molecule has 3 heteroatoms. The zero-order valence-corrected chi connectivity index (χ0v) is 13.4. The van der Waals surface area contributed by atoms with Gasteiger partial charge in [-0.3, -0.25) is 4.79 Å². The molecule has 1 rings (SSSR count). The van der Waals surface area contributed by atoms with Crippen LogP contribution in [0.1, 0.15) is 33.3 Å². The van der Waals surface area contributed by atoms with Crippen LogP contribution in [0.3, 0.4) is 0 Å². The van der Waals surface area contributed by atoms with Crippen LogP contribution in [-0.4, -0.2) is 29.1 Å². The second-order valence-electron chi connectivity index (χ2n) is 6.20. The van der Waals surface area contributed by atoms with Gasteiger partial charge >= 0.3 is 0 Å². The summed E-state index contributed by atoms with van der Waals surface area (Å²) in [6.45, 7) is 8.52. The second kappa shape index (κ2) is 6.47. The van der Waals surface area contributed by atoms with Crippen LogP contribution in [0.2, 0.25) is 0 Å². The summed E-state index contributed by atoms with van der Waals surface area (Å²) >= 11 is 4.47. The topological polar surface area (TPSA) is 20.3 Å². The number of carbonyl (C=O) groups is 1. The summed E-state index contributed by atoms with van der Waals surface area (Å²) in [5.41, 5.74) is 1.22. The Balaban J connectivity index is 2.67. The molecule has 2 unspecified atom stereocenters. The fraction of sp³-hybridized carbons (Fsp3) is 0.562. The molecule has 2 atom stereocenters. The minimum Gasteiger partial charge on any atom is -0.342 e. The Labute approximate surface area is 122 Å². The van der Waals surface area contributed by atoms with Crippen molar-refractivity contribution < 1.29 is 4.79 Å². The van der Waals surface area contributed by atoms with Crippen molar-refractivity contribution in [1.82, 2.24) is 4.90 Å². The van der Waals surface area contributed by atoms with Crippen molar-refractivity contribution in [2.24, 2.45) is 5.41 Å². The van der Waals surface area contributed by atoms with Crippen molar-refractivity contribution >= 4 is 18.5 Å². The van der Waals surface area contributed by atoms with E-state index < -0.39 is 0 Å². The molecule has 1 aromatic rings. The van der Waals surface area contributed by atoms with Gasteiger partial charge in [0.15, 0.2) is 0 Å². The predicted molar refractivity (Wildman–Crippen MR) is 84.6 cm³/mol. The molecular weight excluding hydrogens is 254 g/mol. The van der Waals surface area contributed by atoms with Crippen molar-refractivity contribution in [1.29, 1.82) is 0 Å². The number of thiol groups is 1. The first-order chi connectivity index (χ1) is 8.73. The molecule has 0 radical (unpaired) electrons. The van der Waals surface area contributed by atoms with E-state index in [2.05, 4.69) is 40.3 Å². The van der Waals surface area contributed by atoms with E-state index in [1.165, 1.54) is 0 Å². The van der Waals surface area contributed by atoms with E-state index in [1.807, 2.05) is 42.3 Å². The van der Waals surface area contributed by atoms with Gasteiger partial charge in [0.2, 0.25) is 5.91 Å². The number of nitrogens with zero attached hydrogens (tertiary/aromatic N) is 1. The smallest absolute Gasteiger partial charge is 0.235 e. The Morgan fingerprint density at radius 2 is 1.79 bits per heavy atom. The lowest BCUT2D eigenvalue weighted by Gasteiger charge is -2.36. The van der Waals surface area contributed by atoms with Gasteiger partial charge in [-0.1, -0.05) is 51.1 Å². The third kappa shape index (κ3) is 4.57. The van der Waals surface area contributed by atoms with Crippen molar-refractivity contribution in [3.8, 4) is 0 Å². The number of rotatable bonds is 4. The van der Waals surface area contributed by atoms with Crippen molar-refractivity contribution in [3.05, 3.63) is 35.9 Å². The molecule has 0 aliphatic rings. The molecule has 0 N–H and O–H groups in total. The standard InChI is InChI=1S/C16H25NOS/c1-12(16(2,3)4)17(5)15(18)14(19)11-13-9-7-6-8-10-13/h6-10,12,14,19H,11H2,1-5H3. The molecule has 106 valence electrons. The van der Waals surface area contributed by atoms with Gasteiger partial charge in [-0.15, -0.1) is 0 Å². The van der Waals surface area contributed by atoms with Gasteiger partial charge in [-0.2, -0.15) is 12.6 Å². The lowest BCUT2D eigenvalue weighted by atomic mass is 9.87. The van der Waals surface area contributed by atoms with Crippen LogP contribution in [0.5, 0.6) is 0 Å². The van der Waals surface area contributed by atoms with E-state index >= 15 is 0 Å². The molecule has 1 aromatic carbocycles. The number of benzene rings is 1. The molecule has 2 nitrogen and oxygen atoms in total. The van der Waals surface area contributed by atoms with E-state index in [-0.39, 0.29) is 22.6 Å². The van der Waals surface area contributed by atoms with E-state index in [0.29, 0.717) is 6.42 Å². The molecule has 0 spiro atoms. The van der Waals surface area contributed by atoms with Crippen LogP contribution in [0.4, 0.5) is 0 Å². The first-order valence-corrected chi connectivity index (χ1v) is 7.23. The molecule has 0 bridgehead atoms. The monoisotopic (exact) mass is 279 g/mol. The maximum Gasteiger partial charge on any atom is 0.235 e. The quantitative estimate of drug-likeness (QED) is 0.837. The fourth-order valence-corrected chi connectivity index (χ4v) is 2.32. The molecular formula is C16H25NOS. The number of hydrogen-bond donors (Lipinski definition) is 1. The van der Waals surface area contributed by atoms with E-state index in [4.69, 9.17) is 0 Å². The van der Waals surface area contributed by atoms with E-state index in [0.717, 1.165) is 5.56 Å². The van der Waals surface area contributed by atoms with Gasteiger partial charge in [-0.05, 0) is 24.3 Å².